The number of para-hydroxylation sites is 1. The van der Waals surface area contributed by atoms with Gasteiger partial charge in [0.2, 0.25) is 5.91 Å². The smallest absolute Gasteiger partial charge is 0.353 e. The fourth-order valence-corrected chi connectivity index (χ4v) is 4.50. The van der Waals surface area contributed by atoms with Crippen LogP contribution in [0.3, 0.4) is 0 Å². The summed E-state index contributed by atoms with van der Waals surface area (Å²) in [6.07, 6.45) is -0.393. The topological polar surface area (TPSA) is 116 Å². The Bertz CT molecular complexity index is 795. The molecule has 8 nitrogen and oxygen atoms in total. The van der Waals surface area contributed by atoms with E-state index in [1.54, 1.807) is 19.1 Å². The van der Waals surface area contributed by atoms with Crippen LogP contribution in [-0.4, -0.2) is 63.9 Å². The first-order valence-electron chi connectivity index (χ1n) is 8.95. The molecule has 0 aromatic heterocycles. The van der Waals surface area contributed by atoms with Gasteiger partial charge in [-0.05, 0) is 19.1 Å². The summed E-state index contributed by atoms with van der Waals surface area (Å²) in [6.45, 7) is 1.78. The third-order valence-electron chi connectivity index (χ3n) is 4.70. The van der Waals surface area contributed by atoms with E-state index in [2.05, 4.69) is 5.32 Å². The van der Waals surface area contributed by atoms with Crippen LogP contribution in [0.25, 0.3) is 0 Å². The van der Waals surface area contributed by atoms with Gasteiger partial charge in [-0.1, -0.05) is 18.2 Å². The van der Waals surface area contributed by atoms with Crippen LogP contribution in [0.15, 0.2) is 40.9 Å². The van der Waals surface area contributed by atoms with E-state index >= 15 is 0 Å². The van der Waals surface area contributed by atoms with Crippen LogP contribution in [0.4, 0.5) is 0 Å². The number of aliphatic carboxylic acids is 1. The molecule has 1 aromatic carbocycles. The fraction of sp³-hybridized carbons (Fsp3) is 0.421. The quantitative estimate of drug-likeness (QED) is 0.411. The number of carbonyl (C=O) groups is 3. The maximum atomic E-state index is 12.1. The van der Waals surface area contributed by atoms with Gasteiger partial charge in [0, 0.05) is 23.6 Å². The van der Waals surface area contributed by atoms with E-state index in [1.807, 2.05) is 18.2 Å². The lowest BCUT2D eigenvalue weighted by Gasteiger charge is -2.44. The molecule has 2 aliphatic rings. The van der Waals surface area contributed by atoms with Gasteiger partial charge in [0.25, 0.3) is 5.91 Å². The second kappa shape index (κ2) is 8.66. The number of rotatable bonds is 9. The number of nitrogens with one attached hydrogen (secondary N) is 1. The first-order valence-corrected chi connectivity index (χ1v) is 9.93. The maximum absolute atomic E-state index is 12.1. The number of hydrogen-bond acceptors (Lipinski definition) is 6. The summed E-state index contributed by atoms with van der Waals surface area (Å²) in [4.78, 5) is 37.4. The molecule has 3 N–H and O–H groups in total. The summed E-state index contributed by atoms with van der Waals surface area (Å²) in [5.41, 5.74) is -0.00404. The average Bonchev–Trinajstić information content (AvgIpc) is 2.98. The molecule has 2 aliphatic heterocycles. The van der Waals surface area contributed by atoms with Gasteiger partial charge in [0.05, 0.1) is 18.1 Å². The Morgan fingerprint density at radius 2 is 2.07 bits per heavy atom. The first-order chi connectivity index (χ1) is 13.4. The zero-order valence-electron chi connectivity index (χ0n) is 15.3. The normalized spacial score (nSPS) is 21.8. The standard InChI is InChI=1S/C19H22N2O6S/c1-11(22)16-13-9-14(17(19(25)26)21(13)18(16)24)28-8-7-20-15(23)10-27-12-5-3-2-4-6-12/h2-6,11,13,16,22H,7-10H2,1H3,(H,20,23)(H,25,26)/t11-,13+,16+/m0/s1. The van der Waals surface area contributed by atoms with E-state index in [0.717, 1.165) is 0 Å². The number of nitrogens with zero attached hydrogens (tertiary/aromatic N) is 1. The monoisotopic (exact) mass is 406 g/mol. The van der Waals surface area contributed by atoms with Gasteiger partial charge >= 0.3 is 5.97 Å². The van der Waals surface area contributed by atoms with Crippen molar-refractivity contribution >= 4 is 29.5 Å². The van der Waals surface area contributed by atoms with Crippen LogP contribution in [0.2, 0.25) is 0 Å². The van der Waals surface area contributed by atoms with Crippen molar-refractivity contribution in [3.8, 4) is 5.75 Å². The third-order valence-corrected chi connectivity index (χ3v) is 5.82. The van der Waals surface area contributed by atoms with Crippen LogP contribution in [0.5, 0.6) is 5.75 Å². The molecule has 2 heterocycles. The minimum atomic E-state index is -1.15. The highest BCUT2D eigenvalue weighted by atomic mass is 32.2. The van der Waals surface area contributed by atoms with Crippen LogP contribution in [-0.2, 0) is 14.4 Å². The molecule has 150 valence electrons. The fourth-order valence-electron chi connectivity index (χ4n) is 3.44. The number of hydrogen-bond donors (Lipinski definition) is 3. The molecule has 3 rings (SSSR count). The van der Waals surface area contributed by atoms with Gasteiger partial charge < -0.3 is 25.2 Å². The Hall–Kier alpha value is -2.52. The van der Waals surface area contributed by atoms with Gasteiger partial charge in [-0.2, -0.15) is 0 Å². The summed E-state index contributed by atoms with van der Waals surface area (Å²) >= 11 is 1.31. The third kappa shape index (κ3) is 4.15. The van der Waals surface area contributed by atoms with Crippen molar-refractivity contribution in [2.75, 3.05) is 18.9 Å². The van der Waals surface area contributed by atoms with E-state index in [9.17, 15) is 24.6 Å². The van der Waals surface area contributed by atoms with Gasteiger partial charge in [-0.3, -0.25) is 9.59 Å². The van der Waals surface area contributed by atoms with Crippen LogP contribution < -0.4 is 10.1 Å². The van der Waals surface area contributed by atoms with Crippen molar-refractivity contribution in [1.29, 1.82) is 0 Å². The lowest BCUT2D eigenvalue weighted by Crippen LogP contribution is -2.61. The van der Waals surface area contributed by atoms with Crippen molar-refractivity contribution in [2.45, 2.75) is 25.5 Å². The number of benzene rings is 1. The highest BCUT2D eigenvalue weighted by Gasteiger charge is 2.56. The number of thioether (sulfide) groups is 1. The summed E-state index contributed by atoms with van der Waals surface area (Å²) < 4.78 is 5.36. The van der Waals surface area contributed by atoms with Crippen LogP contribution >= 0.6 is 11.8 Å². The van der Waals surface area contributed by atoms with Gasteiger partial charge in [-0.25, -0.2) is 4.79 Å². The predicted octanol–water partition coefficient (Wildman–Crippen LogP) is 0.823. The summed E-state index contributed by atoms with van der Waals surface area (Å²) in [7, 11) is 0. The summed E-state index contributed by atoms with van der Waals surface area (Å²) in [6, 6.07) is 8.70. The number of aliphatic hydroxyl groups excluding tert-OH is 1. The Morgan fingerprint density at radius 3 is 2.71 bits per heavy atom. The molecule has 0 bridgehead atoms. The molecular weight excluding hydrogens is 384 g/mol. The van der Waals surface area contributed by atoms with E-state index < -0.39 is 18.0 Å². The Balaban J connectivity index is 1.46. The number of amides is 2. The van der Waals surface area contributed by atoms with Crippen LogP contribution in [0, 0.1) is 5.92 Å². The number of fused-ring (bicyclic) bond motifs is 1. The molecule has 0 saturated carbocycles. The molecule has 1 fully saturated rings. The molecule has 28 heavy (non-hydrogen) atoms. The maximum Gasteiger partial charge on any atom is 0.353 e. The largest absolute Gasteiger partial charge is 0.484 e. The minimum Gasteiger partial charge on any atom is -0.484 e. The molecule has 0 unspecified atom stereocenters. The molecule has 1 saturated heterocycles. The lowest BCUT2D eigenvalue weighted by atomic mass is 9.83. The number of aliphatic hydroxyl groups is 1. The average molecular weight is 406 g/mol. The number of carboxylic acids is 1. The highest BCUT2D eigenvalue weighted by molar-refractivity contribution is 8.03. The van der Waals surface area contributed by atoms with Gasteiger partial charge in [0.1, 0.15) is 11.4 Å². The van der Waals surface area contributed by atoms with E-state index in [-0.39, 0.29) is 30.2 Å². The number of carboxylic acid groups (broad SMARTS) is 1. The zero-order chi connectivity index (χ0) is 20.3. The number of ether oxygens (including phenoxy) is 1. The second-order valence-corrected chi connectivity index (χ2v) is 7.81. The van der Waals surface area contributed by atoms with Crippen LogP contribution in [0.1, 0.15) is 13.3 Å². The minimum absolute atomic E-state index is 0.00404. The van der Waals surface area contributed by atoms with E-state index in [0.29, 0.717) is 29.4 Å². The van der Waals surface area contributed by atoms with E-state index in [1.165, 1.54) is 16.7 Å². The SMILES string of the molecule is C[C@H](O)[C@H]1C(=O)N2C(C(=O)O)=C(SCCNC(=O)COc3ccccc3)C[C@H]12. The molecule has 3 atom stereocenters. The first kappa shape index (κ1) is 20.2. The predicted molar refractivity (Wildman–Crippen MR) is 102 cm³/mol. The molecule has 1 aromatic rings. The molecule has 0 aliphatic carbocycles. The van der Waals surface area contributed by atoms with Gasteiger partial charge in [-0.15, -0.1) is 11.8 Å². The highest BCUT2D eigenvalue weighted by Crippen LogP contribution is 2.46. The van der Waals surface area contributed by atoms with Crippen molar-refractivity contribution in [1.82, 2.24) is 10.2 Å². The Morgan fingerprint density at radius 1 is 1.36 bits per heavy atom. The second-order valence-electron chi connectivity index (χ2n) is 6.62. The summed E-state index contributed by atoms with van der Waals surface area (Å²) in [5, 5.41) is 21.9. The van der Waals surface area contributed by atoms with E-state index in [4.69, 9.17) is 4.74 Å². The zero-order valence-corrected chi connectivity index (χ0v) is 16.1. The van der Waals surface area contributed by atoms with Crippen molar-refractivity contribution in [3.05, 3.63) is 40.9 Å². The number of carbonyl (C=O) groups excluding carboxylic acids is 2. The Kier molecular flexibility index (Phi) is 6.25. The lowest BCUT2D eigenvalue weighted by molar-refractivity contribution is -0.161. The van der Waals surface area contributed by atoms with Crippen molar-refractivity contribution < 1.29 is 29.3 Å². The molecular formula is C19H22N2O6S. The van der Waals surface area contributed by atoms with Crippen molar-refractivity contribution in [2.24, 2.45) is 5.92 Å². The van der Waals surface area contributed by atoms with Crippen molar-refractivity contribution in [3.63, 3.8) is 0 Å². The number of β-lactam (4-membered cyclic amide) rings is 1. The molecule has 2 amide bonds. The summed E-state index contributed by atoms with van der Waals surface area (Å²) in [5.74, 6) is -1.24. The molecule has 9 heteroatoms. The molecule has 0 spiro atoms. The Labute approximate surface area is 166 Å². The van der Waals surface area contributed by atoms with Gasteiger partial charge in [0.15, 0.2) is 6.61 Å². The molecule has 0 radical (unpaired) electrons.